The van der Waals surface area contributed by atoms with E-state index in [1.165, 1.54) is 128 Å². The summed E-state index contributed by atoms with van der Waals surface area (Å²) >= 11 is 0. The highest BCUT2D eigenvalue weighted by Gasteiger charge is 2.17. The molecule has 0 aromatic carbocycles. The van der Waals surface area contributed by atoms with Gasteiger partial charge in [0.05, 0.1) is 18.8 Å². The third kappa shape index (κ3) is 37.3. The van der Waals surface area contributed by atoms with Crippen molar-refractivity contribution >= 4 is 11.9 Å². The Hall–Kier alpha value is -1.44. The van der Waals surface area contributed by atoms with E-state index < -0.39 is 18.3 Å². The maximum Gasteiger partial charge on any atom is 0.306 e. The summed E-state index contributed by atoms with van der Waals surface area (Å²) in [5, 5.41) is 29.9. The molecule has 0 saturated heterocycles. The first-order valence-electron chi connectivity index (χ1n) is 22.8. The molecule has 0 amide bonds. The number of carbonyl (C=O) groups excluding carboxylic acids is 2. The van der Waals surface area contributed by atoms with Crippen LogP contribution in [-0.2, 0) is 19.1 Å². The SMILES string of the molecule is CCCCC/C=C\C[C@@H](O)[C@H](O)CCCCCCCC(=O)OC[C@H](CO)OC(=O)CCCCCCCCCCCCCCCCCCCCC(C)CC. The van der Waals surface area contributed by atoms with Gasteiger partial charge in [-0.1, -0.05) is 193 Å². The Morgan fingerprint density at radius 1 is 0.547 bits per heavy atom. The molecular weight excluding hydrogens is 664 g/mol. The van der Waals surface area contributed by atoms with Crippen molar-refractivity contribution in [2.24, 2.45) is 5.92 Å². The molecule has 1 unspecified atom stereocenters. The van der Waals surface area contributed by atoms with Crippen LogP contribution in [0.5, 0.6) is 0 Å². The highest BCUT2D eigenvalue weighted by atomic mass is 16.6. The van der Waals surface area contributed by atoms with Gasteiger partial charge in [-0.25, -0.2) is 0 Å². The number of esters is 2. The quantitative estimate of drug-likeness (QED) is 0.0324. The van der Waals surface area contributed by atoms with Crippen molar-refractivity contribution in [1.82, 2.24) is 0 Å². The van der Waals surface area contributed by atoms with Gasteiger partial charge < -0.3 is 24.8 Å². The molecular formula is C46H88O7. The Morgan fingerprint density at radius 2 is 1.00 bits per heavy atom. The first-order valence-corrected chi connectivity index (χ1v) is 22.8. The molecule has 7 heteroatoms. The van der Waals surface area contributed by atoms with E-state index in [0.717, 1.165) is 57.3 Å². The van der Waals surface area contributed by atoms with Gasteiger partial charge in [-0.2, -0.15) is 0 Å². The summed E-state index contributed by atoms with van der Waals surface area (Å²) in [7, 11) is 0. The lowest BCUT2D eigenvalue weighted by Gasteiger charge is -2.16. The van der Waals surface area contributed by atoms with Crippen LogP contribution in [0.4, 0.5) is 0 Å². The average Bonchev–Trinajstić information content (AvgIpc) is 3.16. The fourth-order valence-electron chi connectivity index (χ4n) is 6.79. The standard InChI is InChI=1S/C46H88O7/c1-4-6-7-8-25-30-35-43(48)44(49)36-31-26-23-28-32-37-45(50)52-40-42(39-47)53-46(51)38-33-27-22-20-18-16-14-12-10-9-11-13-15-17-19-21-24-29-34-41(3)5-2/h25,30,41-44,47-49H,4-24,26-29,31-40H2,1-3H3/b30-25-/t41?,42-,43+,44+/m0/s1. The summed E-state index contributed by atoms with van der Waals surface area (Å²) < 4.78 is 10.6. The summed E-state index contributed by atoms with van der Waals surface area (Å²) in [5.41, 5.74) is 0. The number of aliphatic hydroxyl groups is 3. The molecule has 0 heterocycles. The van der Waals surface area contributed by atoms with Gasteiger partial charge in [0.2, 0.25) is 0 Å². The molecule has 4 atom stereocenters. The van der Waals surface area contributed by atoms with E-state index in [0.29, 0.717) is 25.7 Å². The minimum atomic E-state index is -0.816. The molecule has 0 aliphatic rings. The molecule has 0 aliphatic heterocycles. The van der Waals surface area contributed by atoms with E-state index in [9.17, 15) is 24.9 Å². The Morgan fingerprint density at radius 3 is 1.47 bits per heavy atom. The smallest absolute Gasteiger partial charge is 0.306 e. The van der Waals surface area contributed by atoms with Crippen LogP contribution < -0.4 is 0 Å². The summed E-state index contributed by atoms with van der Waals surface area (Å²) in [4.78, 5) is 24.4. The maximum absolute atomic E-state index is 12.2. The van der Waals surface area contributed by atoms with Crippen LogP contribution in [0.15, 0.2) is 12.2 Å². The normalized spacial score (nSPS) is 14.0. The zero-order chi connectivity index (χ0) is 39.0. The Kier molecular flexibility index (Phi) is 39.1. The van der Waals surface area contributed by atoms with Gasteiger partial charge in [0.25, 0.3) is 0 Å². The first-order chi connectivity index (χ1) is 25.8. The van der Waals surface area contributed by atoms with E-state index in [1.807, 2.05) is 6.08 Å². The predicted molar refractivity (Wildman–Crippen MR) is 222 cm³/mol. The van der Waals surface area contributed by atoms with Gasteiger partial charge in [0, 0.05) is 12.8 Å². The zero-order valence-corrected chi connectivity index (χ0v) is 35.2. The van der Waals surface area contributed by atoms with E-state index in [2.05, 4.69) is 26.8 Å². The van der Waals surface area contributed by atoms with Crippen LogP contribution in [-0.4, -0.2) is 58.8 Å². The molecule has 0 spiro atoms. The average molecular weight is 753 g/mol. The van der Waals surface area contributed by atoms with Crippen molar-refractivity contribution in [1.29, 1.82) is 0 Å². The van der Waals surface area contributed by atoms with Crippen LogP contribution >= 0.6 is 0 Å². The molecule has 0 fully saturated rings. The Bertz CT molecular complexity index is 816. The number of ether oxygens (including phenoxy) is 2. The molecule has 0 rings (SSSR count). The third-order valence-corrected chi connectivity index (χ3v) is 10.8. The lowest BCUT2D eigenvalue weighted by Crippen LogP contribution is -2.28. The zero-order valence-electron chi connectivity index (χ0n) is 35.2. The van der Waals surface area contributed by atoms with E-state index in [1.54, 1.807) is 0 Å². The fourth-order valence-corrected chi connectivity index (χ4v) is 6.79. The lowest BCUT2D eigenvalue weighted by molar-refractivity contribution is -0.161. The van der Waals surface area contributed by atoms with Crippen LogP contribution in [0, 0.1) is 5.92 Å². The molecule has 0 saturated carbocycles. The van der Waals surface area contributed by atoms with Crippen molar-refractivity contribution in [2.45, 2.75) is 251 Å². The molecule has 53 heavy (non-hydrogen) atoms. The number of hydrogen-bond acceptors (Lipinski definition) is 7. The molecule has 0 aliphatic carbocycles. The van der Waals surface area contributed by atoms with Crippen molar-refractivity contribution < 1.29 is 34.4 Å². The minimum Gasteiger partial charge on any atom is -0.462 e. The first kappa shape index (κ1) is 51.6. The monoisotopic (exact) mass is 753 g/mol. The summed E-state index contributed by atoms with van der Waals surface area (Å²) in [6.45, 7) is 6.37. The molecule has 0 aromatic heterocycles. The van der Waals surface area contributed by atoms with Gasteiger partial charge in [-0.05, 0) is 44.4 Å². The molecule has 0 bridgehead atoms. The largest absolute Gasteiger partial charge is 0.462 e. The summed E-state index contributed by atoms with van der Waals surface area (Å²) in [5.74, 6) is 0.217. The van der Waals surface area contributed by atoms with E-state index in [-0.39, 0.29) is 31.6 Å². The number of hydrogen-bond donors (Lipinski definition) is 3. The maximum atomic E-state index is 12.2. The molecule has 0 aromatic rings. The molecule has 314 valence electrons. The summed E-state index contributed by atoms with van der Waals surface area (Å²) in [6.07, 6.45) is 38.7. The van der Waals surface area contributed by atoms with E-state index in [4.69, 9.17) is 9.47 Å². The van der Waals surface area contributed by atoms with Gasteiger partial charge >= 0.3 is 11.9 Å². The van der Waals surface area contributed by atoms with E-state index >= 15 is 0 Å². The van der Waals surface area contributed by atoms with Crippen LogP contribution in [0.1, 0.15) is 233 Å². The lowest BCUT2D eigenvalue weighted by atomic mass is 9.99. The van der Waals surface area contributed by atoms with Crippen molar-refractivity contribution in [3.05, 3.63) is 12.2 Å². The van der Waals surface area contributed by atoms with Crippen molar-refractivity contribution in [3.63, 3.8) is 0 Å². The number of unbranched alkanes of at least 4 members (excludes halogenated alkanes) is 24. The van der Waals surface area contributed by atoms with Gasteiger partial charge in [-0.15, -0.1) is 0 Å². The van der Waals surface area contributed by atoms with Gasteiger partial charge in [0.1, 0.15) is 6.61 Å². The Balaban J connectivity index is 3.58. The van der Waals surface area contributed by atoms with Crippen LogP contribution in [0.25, 0.3) is 0 Å². The van der Waals surface area contributed by atoms with Crippen LogP contribution in [0.3, 0.4) is 0 Å². The predicted octanol–water partition coefficient (Wildman–Crippen LogP) is 12.3. The second-order valence-electron chi connectivity index (χ2n) is 16.0. The minimum absolute atomic E-state index is 0.117. The van der Waals surface area contributed by atoms with Crippen LogP contribution in [0.2, 0.25) is 0 Å². The van der Waals surface area contributed by atoms with Crippen molar-refractivity contribution in [2.75, 3.05) is 13.2 Å². The van der Waals surface area contributed by atoms with Crippen molar-refractivity contribution in [3.8, 4) is 0 Å². The number of aliphatic hydroxyl groups excluding tert-OH is 3. The molecule has 0 radical (unpaired) electrons. The van der Waals surface area contributed by atoms with Gasteiger partial charge in [-0.3, -0.25) is 9.59 Å². The van der Waals surface area contributed by atoms with Gasteiger partial charge in [0.15, 0.2) is 6.10 Å². The topological polar surface area (TPSA) is 113 Å². The Labute approximate surface area is 327 Å². The number of carbonyl (C=O) groups is 2. The third-order valence-electron chi connectivity index (χ3n) is 10.8. The highest BCUT2D eigenvalue weighted by Crippen LogP contribution is 2.17. The summed E-state index contributed by atoms with van der Waals surface area (Å²) in [6, 6.07) is 0. The fraction of sp³-hybridized carbons (Fsp3) is 0.913. The number of rotatable bonds is 41. The second kappa shape index (κ2) is 40.2. The second-order valence-corrected chi connectivity index (χ2v) is 16.0. The number of allylic oxidation sites excluding steroid dienone is 1. The highest BCUT2D eigenvalue weighted by molar-refractivity contribution is 5.70. The molecule has 3 N–H and O–H groups in total. The molecule has 7 nitrogen and oxygen atoms in total.